The van der Waals surface area contributed by atoms with Crippen LogP contribution in [0.1, 0.15) is 5.56 Å². The first-order chi connectivity index (χ1) is 13.4. The summed E-state index contributed by atoms with van der Waals surface area (Å²) < 4.78 is 31.0. The van der Waals surface area contributed by atoms with Crippen LogP contribution in [0.2, 0.25) is 0 Å². The normalized spacial score (nSPS) is 11.7. The SMILES string of the molecule is COc1ccc(-c2nc3ccccn3c2-c2ccc(S(C)(=O)=O)cc2)cc1C. The Hall–Kier alpha value is -3.12. The minimum absolute atomic E-state index is 0.298. The predicted octanol–water partition coefficient (Wildman–Crippen LogP) is 4.39. The fourth-order valence-electron chi connectivity index (χ4n) is 3.36. The fourth-order valence-corrected chi connectivity index (χ4v) is 3.99. The van der Waals surface area contributed by atoms with E-state index in [0.717, 1.165) is 39.5 Å². The molecule has 0 aliphatic rings. The van der Waals surface area contributed by atoms with Gasteiger partial charge in [-0.15, -0.1) is 0 Å². The highest BCUT2D eigenvalue weighted by Gasteiger charge is 2.17. The van der Waals surface area contributed by atoms with Crippen LogP contribution < -0.4 is 4.74 Å². The lowest BCUT2D eigenvalue weighted by atomic mass is 10.0. The number of benzene rings is 2. The van der Waals surface area contributed by atoms with E-state index in [2.05, 4.69) is 6.07 Å². The average Bonchev–Trinajstić information content (AvgIpc) is 3.07. The topological polar surface area (TPSA) is 60.7 Å². The van der Waals surface area contributed by atoms with E-state index in [9.17, 15) is 8.42 Å². The molecule has 4 rings (SSSR count). The Morgan fingerprint density at radius 2 is 1.68 bits per heavy atom. The number of methoxy groups -OCH3 is 1. The number of rotatable bonds is 4. The number of ether oxygens (including phenoxy) is 1. The van der Waals surface area contributed by atoms with Gasteiger partial charge in [0.25, 0.3) is 0 Å². The maximum absolute atomic E-state index is 11.8. The Balaban J connectivity index is 1.95. The van der Waals surface area contributed by atoms with Gasteiger partial charge in [-0.3, -0.25) is 4.40 Å². The average molecular weight is 392 g/mol. The largest absolute Gasteiger partial charge is 0.496 e. The molecule has 0 aliphatic carbocycles. The van der Waals surface area contributed by atoms with Crippen molar-refractivity contribution in [2.75, 3.05) is 13.4 Å². The van der Waals surface area contributed by atoms with Crippen molar-refractivity contribution in [2.45, 2.75) is 11.8 Å². The van der Waals surface area contributed by atoms with Gasteiger partial charge in [0.15, 0.2) is 9.84 Å². The molecular weight excluding hydrogens is 372 g/mol. The van der Waals surface area contributed by atoms with Crippen molar-refractivity contribution in [1.82, 2.24) is 9.38 Å². The highest BCUT2D eigenvalue weighted by molar-refractivity contribution is 7.90. The van der Waals surface area contributed by atoms with E-state index in [1.165, 1.54) is 6.26 Å². The number of sulfone groups is 1. The van der Waals surface area contributed by atoms with Crippen LogP contribution in [0.3, 0.4) is 0 Å². The Kier molecular flexibility index (Phi) is 4.43. The number of aryl methyl sites for hydroxylation is 1. The summed E-state index contributed by atoms with van der Waals surface area (Å²) in [5, 5.41) is 0. The minimum Gasteiger partial charge on any atom is -0.496 e. The Bertz CT molecular complexity index is 1270. The molecule has 0 bridgehead atoms. The van der Waals surface area contributed by atoms with Crippen LogP contribution in [-0.2, 0) is 9.84 Å². The molecule has 28 heavy (non-hydrogen) atoms. The highest BCUT2D eigenvalue weighted by Crippen LogP contribution is 2.35. The predicted molar refractivity (Wildman–Crippen MR) is 110 cm³/mol. The molecule has 2 aromatic heterocycles. The van der Waals surface area contributed by atoms with E-state index >= 15 is 0 Å². The second-order valence-corrected chi connectivity index (χ2v) is 8.73. The van der Waals surface area contributed by atoms with Gasteiger partial charge in [0, 0.05) is 23.6 Å². The standard InChI is InChI=1S/C22H20N2O3S/c1-15-14-17(9-12-19(15)27-2)21-22(24-13-5-4-6-20(24)23-21)16-7-10-18(11-8-16)28(3,25)26/h4-14H,1-3H3. The number of nitrogens with zero attached hydrogens (tertiary/aromatic N) is 2. The molecule has 0 atom stereocenters. The van der Waals surface area contributed by atoms with Crippen LogP contribution in [0, 0.1) is 6.92 Å². The van der Waals surface area contributed by atoms with Crippen LogP contribution >= 0.6 is 0 Å². The van der Waals surface area contributed by atoms with Crippen LogP contribution in [-0.4, -0.2) is 31.2 Å². The van der Waals surface area contributed by atoms with Gasteiger partial charge in [0.1, 0.15) is 11.4 Å². The molecule has 4 aromatic rings. The number of fused-ring (bicyclic) bond motifs is 1. The first-order valence-corrected chi connectivity index (χ1v) is 10.7. The molecule has 2 heterocycles. The summed E-state index contributed by atoms with van der Waals surface area (Å²) in [5.41, 5.74) is 5.48. The number of aromatic nitrogens is 2. The first-order valence-electron chi connectivity index (χ1n) is 8.81. The van der Waals surface area contributed by atoms with E-state index in [0.29, 0.717) is 4.90 Å². The molecule has 0 fully saturated rings. The molecule has 0 radical (unpaired) electrons. The summed E-state index contributed by atoms with van der Waals surface area (Å²) in [4.78, 5) is 5.13. The van der Waals surface area contributed by atoms with Gasteiger partial charge in [-0.1, -0.05) is 18.2 Å². The van der Waals surface area contributed by atoms with E-state index in [4.69, 9.17) is 9.72 Å². The van der Waals surface area contributed by atoms with Gasteiger partial charge in [0.05, 0.1) is 23.4 Å². The number of hydrogen-bond donors (Lipinski definition) is 0. The van der Waals surface area contributed by atoms with Crippen molar-refractivity contribution in [1.29, 1.82) is 0 Å². The molecule has 0 aliphatic heterocycles. The highest BCUT2D eigenvalue weighted by atomic mass is 32.2. The molecule has 0 saturated carbocycles. The van der Waals surface area contributed by atoms with E-state index in [1.54, 1.807) is 19.2 Å². The minimum atomic E-state index is -3.24. The molecule has 142 valence electrons. The molecule has 0 N–H and O–H groups in total. The van der Waals surface area contributed by atoms with Crippen molar-refractivity contribution < 1.29 is 13.2 Å². The molecule has 0 amide bonds. The lowest BCUT2D eigenvalue weighted by Crippen LogP contribution is -1.97. The molecule has 6 heteroatoms. The summed E-state index contributed by atoms with van der Waals surface area (Å²) >= 11 is 0. The van der Waals surface area contributed by atoms with Crippen molar-refractivity contribution >= 4 is 15.5 Å². The summed E-state index contributed by atoms with van der Waals surface area (Å²) in [6.45, 7) is 2.00. The molecule has 2 aromatic carbocycles. The van der Waals surface area contributed by atoms with Crippen molar-refractivity contribution in [3.05, 3.63) is 72.4 Å². The second kappa shape index (κ2) is 6.80. The fraction of sp³-hybridized carbons (Fsp3) is 0.136. The number of hydrogen-bond acceptors (Lipinski definition) is 4. The molecule has 0 saturated heterocycles. The third-order valence-corrected chi connectivity index (χ3v) is 5.88. The lowest BCUT2D eigenvalue weighted by molar-refractivity contribution is 0.412. The van der Waals surface area contributed by atoms with Gasteiger partial charge in [-0.05, 0) is 55.0 Å². The van der Waals surface area contributed by atoms with Crippen molar-refractivity contribution in [3.8, 4) is 28.3 Å². The van der Waals surface area contributed by atoms with Crippen LogP contribution in [0.15, 0.2) is 71.8 Å². The monoisotopic (exact) mass is 392 g/mol. The van der Waals surface area contributed by atoms with Crippen LogP contribution in [0.4, 0.5) is 0 Å². The van der Waals surface area contributed by atoms with Crippen LogP contribution in [0.5, 0.6) is 5.75 Å². The van der Waals surface area contributed by atoms with E-state index in [-0.39, 0.29) is 0 Å². The van der Waals surface area contributed by atoms with E-state index in [1.807, 2.05) is 60.0 Å². The zero-order valence-electron chi connectivity index (χ0n) is 15.9. The van der Waals surface area contributed by atoms with Crippen LogP contribution in [0.25, 0.3) is 28.2 Å². The third-order valence-electron chi connectivity index (χ3n) is 4.75. The van der Waals surface area contributed by atoms with Crippen molar-refractivity contribution in [2.24, 2.45) is 0 Å². The van der Waals surface area contributed by atoms with Gasteiger partial charge >= 0.3 is 0 Å². The Morgan fingerprint density at radius 3 is 2.32 bits per heavy atom. The summed E-state index contributed by atoms with van der Waals surface area (Å²) in [6, 6.07) is 18.7. The van der Waals surface area contributed by atoms with Crippen molar-refractivity contribution in [3.63, 3.8) is 0 Å². The Morgan fingerprint density at radius 1 is 0.964 bits per heavy atom. The van der Waals surface area contributed by atoms with Gasteiger partial charge in [-0.25, -0.2) is 13.4 Å². The summed E-state index contributed by atoms with van der Waals surface area (Å²) in [7, 11) is -1.59. The maximum atomic E-state index is 11.8. The molecule has 5 nitrogen and oxygen atoms in total. The number of imidazole rings is 1. The summed E-state index contributed by atoms with van der Waals surface area (Å²) in [6.07, 6.45) is 3.17. The maximum Gasteiger partial charge on any atom is 0.175 e. The first kappa shape index (κ1) is 18.3. The van der Waals surface area contributed by atoms with Gasteiger partial charge in [-0.2, -0.15) is 0 Å². The number of pyridine rings is 1. The zero-order valence-corrected chi connectivity index (χ0v) is 16.7. The molecule has 0 spiro atoms. The smallest absolute Gasteiger partial charge is 0.175 e. The zero-order chi connectivity index (χ0) is 19.9. The Labute approximate surface area is 164 Å². The molecular formula is C22H20N2O3S. The third kappa shape index (κ3) is 3.16. The quantitative estimate of drug-likeness (QED) is 0.517. The van der Waals surface area contributed by atoms with Gasteiger partial charge in [0.2, 0.25) is 0 Å². The van der Waals surface area contributed by atoms with E-state index < -0.39 is 9.84 Å². The summed E-state index contributed by atoms with van der Waals surface area (Å²) in [5.74, 6) is 0.826. The lowest BCUT2D eigenvalue weighted by Gasteiger charge is -2.09. The molecule has 0 unspecified atom stereocenters. The van der Waals surface area contributed by atoms with Gasteiger partial charge < -0.3 is 4.74 Å². The second-order valence-electron chi connectivity index (χ2n) is 6.72.